The zero-order valence-corrected chi connectivity index (χ0v) is 15.9. The van der Waals surface area contributed by atoms with E-state index in [2.05, 4.69) is 47.0 Å². The smallest absolute Gasteiger partial charge is 0.234 e. The highest BCUT2D eigenvalue weighted by molar-refractivity contribution is 5.78. The van der Waals surface area contributed by atoms with Gasteiger partial charge in [0.15, 0.2) is 0 Å². The molecule has 24 heavy (non-hydrogen) atoms. The normalized spacial score (nSPS) is 23.2. The summed E-state index contributed by atoms with van der Waals surface area (Å²) in [4.78, 5) is 19.4. The number of nitrogens with zero attached hydrogens (tertiary/aromatic N) is 3. The highest BCUT2D eigenvalue weighted by Crippen LogP contribution is 2.17. The Balaban J connectivity index is 1.61. The van der Waals surface area contributed by atoms with Crippen LogP contribution in [0.1, 0.15) is 33.1 Å². The molecule has 0 aromatic heterocycles. The lowest BCUT2D eigenvalue weighted by Gasteiger charge is -2.32. The van der Waals surface area contributed by atoms with Gasteiger partial charge in [0.2, 0.25) is 5.91 Å². The molecule has 0 unspecified atom stereocenters. The lowest BCUT2D eigenvalue weighted by molar-refractivity contribution is -0.122. The number of amides is 1. The lowest BCUT2D eigenvalue weighted by Crippen LogP contribution is -2.43. The van der Waals surface area contributed by atoms with Crippen LogP contribution >= 0.6 is 0 Å². The van der Waals surface area contributed by atoms with Crippen molar-refractivity contribution in [3.05, 3.63) is 11.6 Å². The summed E-state index contributed by atoms with van der Waals surface area (Å²) >= 11 is 0. The monoisotopic (exact) mass is 336 g/mol. The van der Waals surface area contributed by atoms with Gasteiger partial charge in [-0.1, -0.05) is 11.6 Å². The number of carbonyl (C=O) groups is 1. The molecule has 2 fully saturated rings. The van der Waals surface area contributed by atoms with Crippen LogP contribution < -0.4 is 5.32 Å². The molecule has 0 atom stereocenters. The van der Waals surface area contributed by atoms with E-state index in [-0.39, 0.29) is 5.91 Å². The van der Waals surface area contributed by atoms with Crippen molar-refractivity contribution in [3.63, 3.8) is 0 Å². The first-order valence-electron chi connectivity index (χ1n) is 9.58. The standard InChI is InChI=1S/C19H36N4O/c1-4-17(2)15-23-10-6-18(7-11-23)14-20-19(24)16-22-9-5-8-21(3)12-13-22/h4,18H,5-16H2,1-3H3,(H,20,24). The van der Waals surface area contributed by atoms with Crippen LogP contribution in [0.25, 0.3) is 0 Å². The minimum atomic E-state index is 0.201. The van der Waals surface area contributed by atoms with E-state index in [0.29, 0.717) is 12.5 Å². The van der Waals surface area contributed by atoms with Crippen molar-refractivity contribution < 1.29 is 4.79 Å². The maximum Gasteiger partial charge on any atom is 0.234 e. The fourth-order valence-corrected chi connectivity index (χ4v) is 3.57. The topological polar surface area (TPSA) is 38.8 Å². The molecule has 2 saturated heterocycles. The molecular weight excluding hydrogens is 300 g/mol. The van der Waals surface area contributed by atoms with Crippen LogP contribution in [0.2, 0.25) is 0 Å². The maximum absolute atomic E-state index is 12.2. The van der Waals surface area contributed by atoms with Crippen LogP contribution in [0.4, 0.5) is 0 Å². The van der Waals surface area contributed by atoms with Crippen molar-refractivity contribution in [2.24, 2.45) is 5.92 Å². The Labute approximate surface area is 148 Å². The summed E-state index contributed by atoms with van der Waals surface area (Å²) in [6.07, 6.45) is 5.76. The molecule has 0 aromatic carbocycles. The van der Waals surface area contributed by atoms with Crippen molar-refractivity contribution in [3.8, 4) is 0 Å². The summed E-state index contributed by atoms with van der Waals surface area (Å²) in [5.74, 6) is 0.845. The van der Waals surface area contributed by atoms with Gasteiger partial charge in [0.1, 0.15) is 0 Å². The van der Waals surface area contributed by atoms with Gasteiger partial charge in [0, 0.05) is 26.2 Å². The van der Waals surface area contributed by atoms with Gasteiger partial charge < -0.3 is 10.2 Å². The molecule has 1 N–H and O–H groups in total. The second kappa shape index (κ2) is 10.2. The quantitative estimate of drug-likeness (QED) is 0.745. The predicted octanol–water partition coefficient (Wildman–Crippen LogP) is 1.42. The summed E-state index contributed by atoms with van der Waals surface area (Å²) in [5, 5.41) is 3.17. The Morgan fingerprint density at radius 1 is 1.04 bits per heavy atom. The molecule has 2 aliphatic rings. The van der Waals surface area contributed by atoms with Crippen LogP contribution in [0.15, 0.2) is 11.6 Å². The average molecular weight is 337 g/mol. The van der Waals surface area contributed by atoms with E-state index in [1.807, 2.05) is 0 Å². The summed E-state index contributed by atoms with van der Waals surface area (Å²) in [7, 11) is 2.16. The van der Waals surface area contributed by atoms with Gasteiger partial charge in [0.25, 0.3) is 0 Å². The zero-order chi connectivity index (χ0) is 17.4. The highest BCUT2D eigenvalue weighted by Gasteiger charge is 2.20. The third kappa shape index (κ3) is 6.91. The number of hydrogen-bond acceptors (Lipinski definition) is 4. The maximum atomic E-state index is 12.2. The van der Waals surface area contributed by atoms with Crippen LogP contribution in [0, 0.1) is 5.92 Å². The van der Waals surface area contributed by atoms with E-state index in [1.54, 1.807) is 0 Å². The SMILES string of the molecule is CC=C(C)CN1CCC(CNC(=O)CN2CCCN(C)CC2)CC1. The highest BCUT2D eigenvalue weighted by atomic mass is 16.2. The van der Waals surface area contributed by atoms with Gasteiger partial charge in [0.05, 0.1) is 6.54 Å². The number of likely N-dealkylation sites (N-methyl/N-ethyl adjacent to an activating group) is 1. The Bertz CT molecular complexity index is 416. The molecule has 2 aliphatic heterocycles. The number of hydrogen-bond donors (Lipinski definition) is 1. The van der Waals surface area contributed by atoms with Crippen LogP contribution in [-0.4, -0.2) is 86.6 Å². The average Bonchev–Trinajstić information content (AvgIpc) is 2.78. The Kier molecular flexibility index (Phi) is 8.22. The van der Waals surface area contributed by atoms with E-state index < -0.39 is 0 Å². The minimum absolute atomic E-state index is 0.201. The second-order valence-electron chi connectivity index (χ2n) is 7.59. The molecule has 0 aromatic rings. The largest absolute Gasteiger partial charge is 0.355 e. The van der Waals surface area contributed by atoms with Gasteiger partial charge in [-0.25, -0.2) is 0 Å². The number of rotatable bonds is 6. The predicted molar refractivity (Wildman–Crippen MR) is 100 cm³/mol. The van der Waals surface area contributed by atoms with Crippen LogP contribution in [-0.2, 0) is 4.79 Å². The number of likely N-dealkylation sites (tertiary alicyclic amines) is 1. The van der Waals surface area contributed by atoms with Gasteiger partial charge in [-0.15, -0.1) is 0 Å². The fraction of sp³-hybridized carbons (Fsp3) is 0.842. The van der Waals surface area contributed by atoms with Gasteiger partial charge >= 0.3 is 0 Å². The molecule has 0 spiro atoms. The fourth-order valence-electron chi connectivity index (χ4n) is 3.57. The molecule has 138 valence electrons. The van der Waals surface area contributed by atoms with Crippen molar-refractivity contribution in [1.29, 1.82) is 0 Å². The van der Waals surface area contributed by atoms with Gasteiger partial charge in [-0.05, 0) is 72.3 Å². The Morgan fingerprint density at radius 2 is 1.75 bits per heavy atom. The Hall–Kier alpha value is -0.910. The van der Waals surface area contributed by atoms with E-state index >= 15 is 0 Å². The lowest BCUT2D eigenvalue weighted by atomic mass is 9.96. The summed E-state index contributed by atoms with van der Waals surface area (Å²) in [5.41, 5.74) is 1.45. The first-order chi connectivity index (χ1) is 11.6. The number of carbonyl (C=O) groups excluding carboxylic acids is 1. The van der Waals surface area contributed by atoms with Crippen molar-refractivity contribution in [2.75, 3.05) is 66.0 Å². The zero-order valence-electron chi connectivity index (χ0n) is 15.9. The molecule has 5 nitrogen and oxygen atoms in total. The minimum Gasteiger partial charge on any atom is -0.355 e. The second-order valence-corrected chi connectivity index (χ2v) is 7.59. The van der Waals surface area contributed by atoms with Crippen LogP contribution in [0.5, 0.6) is 0 Å². The molecule has 1 amide bonds. The Morgan fingerprint density at radius 3 is 2.46 bits per heavy atom. The van der Waals surface area contributed by atoms with E-state index in [9.17, 15) is 4.79 Å². The molecule has 0 saturated carbocycles. The van der Waals surface area contributed by atoms with Crippen molar-refractivity contribution in [1.82, 2.24) is 20.0 Å². The van der Waals surface area contributed by atoms with Crippen molar-refractivity contribution in [2.45, 2.75) is 33.1 Å². The molecule has 2 heterocycles. The van der Waals surface area contributed by atoms with E-state index in [4.69, 9.17) is 0 Å². The number of allylic oxidation sites excluding steroid dienone is 1. The third-order valence-electron chi connectivity index (χ3n) is 5.44. The summed E-state index contributed by atoms with van der Waals surface area (Å²) < 4.78 is 0. The summed E-state index contributed by atoms with van der Waals surface area (Å²) in [6.45, 7) is 13.4. The first kappa shape index (κ1) is 19.4. The van der Waals surface area contributed by atoms with Crippen LogP contribution in [0.3, 0.4) is 0 Å². The van der Waals surface area contributed by atoms with Crippen molar-refractivity contribution >= 4 is 5.91 Å². The molecule has 2 rings (SSSR count). The van der Waals surface area contributed by atoms with E-state index in [1.165, 1.54) is 18.4 Å². The first-order valence-corrected chi connectivity index (χ1v) is 9.58. The van der Waals surface area contributed by atoms with Gasteiger partial charge in [-0.3, -0.25) is 14.6 Å². The summed E-state index contributed by atoms with van der Waals surface area (Å²) in [6, 6.07) is 0. The van der Waals surface area contributed by atoms with E-state index in [0.717, 1.165) is 58.8 Å². The molecular formula is C19H36N4O. The third-order valence-corrected chi connectivity index (χ3v) is 5.44. The molecule has 0 bridgehead atoms. The molecule has 0 radical (unpaired) electrons. The number of nitrogens with one attached hydrogen (secondary N) is 1. The number of piperidine rings is 1. The van der Waals surface area contributed by atoms with Gasteiger partial charge in [-0.2, -0.15) is 0 Å². The molecule has 0 aliphatic carbocycles. The molecule has 5 heteroatoms.